The maximum absolute atomic E-state index is 12.4. The van der Waals surface area contributed by atoms with E-state index in [1.54, 1.807) is 6.92 Å². The van der Waals surface area contributed by atoms with Crippen LogP contribution in [0.15, 0.2) is 28.2 Å². The number of carbonyl (C=O) groups excluding carboxylic acids is 1. The van der Waals surface area contributed by atoms with Crippen LogP contribution < -0.4 is 10.9 Å². The van der Waals surface area contributed by atoms with Gasteiger partial charge in [-0.15, -0.1) is 0 Å². The summed E-state index contributed by atoms with van der Waals surface area (Å²) in [6, 6.07) is 6.36. The molecule has 1 atom stereocenters. The number of amides is 1. The van der Waals surface area contributed by atoms with Crippen LogP contribution in [0.25, 0.3) is 0 Å². The third-order valence-electron chi connectivity index (χ3n) is 4.73. The van der Waals surface area contributed by atoms with Crippen molar-refractivity contribution in [2.24, 2.45) is 0 Å². The molecule has 132 valence electrons. The van der Waals surface area contributed by atoms with Crippen LogP contribution >= 0.6 is 11.8 Å². The smallest absolute Gasteiger partial charge is 0.255 e. The van der Waals surface area contributed by atoms with E-state index in [0.717, 1.165) is 18.4 Å². The summed E-state index contributed by atoms with van der Waals surface area (Å²) in [6.45, 7) is 3.74. The number of hydrogen-bond donors (Lipinski definition) is 2. The van der Waals surface area contributed by atoms with E-state index in [1.165, 1.54) is 29.3 Å². The van der Waals surface area contributed by atoms with Gasteiger partial charge < -0.3 is 10.3 Å². The Morgan fingerprint density at radius 2 is 2.12 bits per heavy atom. The molecule has 0 radical (unpaired) electrons. The van der Waals surface area contributed by atoms with Crippen LogP contribution in [0.2, 0.25) is 0 Å². The maximum atomic E-state index is 12.4. The van der Waals surface area contributed by atoms with Gasteiger partial charge in [0.15, 0.2) is 5.16 Å². The van der Waals surface area contributed by atoms with Crippen molar-refractivity contribution in [1.82, 2.24) is 15.3 Å². The molecule has 1 heterocycles. The van der Waals surface area contributed by atoms with Crippen LogP contribution in [-0.2, 0) is 24.1 Å². The van der Waals surface area contributed by atoms with Crippen LogP contribution in [0.1, 0.15) is 47.3 Å². The average molecular weight is 357 g/mol. The largest absolute Gasteiger partial charge is 0.349 e. The van der Waals surface area contributed by atoms with Gasteiger partial charge in [0.2, 0.25) is 5.91 Å². The minimum atomic E-state index is -0.239. The first kappa shape index (κ1) is 17.7. The predicted octanol–water partition coefficient (Wildman–Crippen LogP) is 2.71. The molecule has 0 saturated carbocycles. The van der Waals surface area contributed by atoms with Crippen molar-refractivity contribution in [2.75, 3.05) is 6.26 Å². The molecule has 6 heteroatoms. The van der Waals surface area contributed by atoms with Gasteiger partial charge in [0.1, 0.15) is 0 Å². The summed E-state index contributed by atoms with van der Waals surface area (Å²) in [5, 5.41) is 3.56. The lowest BCUT2D eigenvalue weighted by molar-refractivity contribution is -0.121. The summed E-state index contributed by atoms with van der Waals surface area (Å²) < 4.78 is 0. The van der Waals surface area contributed by atoms with E-state index < -0.39 is 0 Å². The van der Waals surface area contributed by atoms with Crippen molar-refractivity contribution in [3.05, 3.63) is 56.5 Å². The zero-order valence-corrected chi connectivity index (χ0v) is 15.6. The highest BCUT2D eigenvalue weighted by Crippen LogP contribution is 2.25. The van der Waals surface area contributed by atoms with Gasteiger partial charge in [-0.05, 0) is 56.1 Å². The zero-order chi connectivity index (χ0) is 18.0. The van der Waals surface area contributed by atoms with Crippen molar-refractivity contribution < 1.29 is 4.79 Å². The van der Waals surface area contributed by atoms with E-state index in [1.807, 2.05) is 13.2 Å². The summed E-state index contributed by atoms with van der Waals surface area (Å²) in [5.41, 5.74) is 4.71. The summed E-state index contributed by atoms with van der Waals surface area (Å²) in [6.07, 6.45) is 5.37. The molecule has 0 bridgehead atoms. The van der Waals surface area contributed by atoms with Crippen molar-refractivity contribution in [2.45, 2.75) is 50.7 Å². The van der Waals surface area contributed by atoms with Crippen LogP contribution in [0.5, 0.6) is 0 Å². The number of thioether (sulfide) groups is 1. The third kappa shape index (κ3) is 3.95. The van der Waals surface area contributed by atoms with Crippen molar-refractivity contribution in [3.8, 4) is 0 Å². The fraction of sp³-hybridized carbons (Fsp3) is 0.421. The molecule has 1 amide bonds. The number of aromatic nitrogens is 2. The topological polar surface area (TPSA) is 74.8 Å². The van der Waals surface area contributed by atoms with E-state index in [2.05, 4.69) is 33.5 Å². The van der Waals surface area contributed by atoms with Gasteiger partial charge in [-0.3, -0.25) is 9.59 Å². The van der Waals surface area contributed by atoms with Crippen LogP contribution in [0, 0.1) is 6.92 Å². The molecule has 2 aromatic rings. The molecule has 5 nitrogen and oxygen atoms in total. The summed E-state index contributed by atoms with van der Waals surface area (Å²) in [4.78, 5) is 31.6. The Bertz CT molecular complexity index is 860. The minimum absolute atomic E-state index is 0.0398. The Balaban J connectivity index is 1.69. The molecule has 0 spiro atoms. The lowest BCUT2D eigenvalue weighted by Gasteiger charge is -2.16. The molecule has 1 aliphatic rings. The third-order valence-corrected chi connectivity index (χ3v) is 5.31. The van der Waals surface area contributed by atoms with E-state index >= 15 is 0 Å². The summed E-state index contributed by atoms with van der Waals surface area (Å²) in [7, 11) is 0. The number of hydrogen-bond acceptors (Lipinski definition) is 4. The number of H-pyrrole nitrogens is 1. The molecule has 1 unspecified atom stereocenters. The molecule has 25 heavy (non-hydrogen) atoms. The second-order valence-electron chi connectivity index (χ2n) is 6.49. The fourth-order valence-electron chi connectivity index (χ4n) is 3.29. The number of aromatic amines is 1. The average Bonchev–Trinajstić information content (AvgIpc) is 3.05. The fourth-order valence-corrected chi connectivity index (χ4v) is 3.71. The molecule has 0 fully saturated rings. The van der Waals surface area contributed by atoms with Gasteiger partial charge in [-0.2, -0.15) is 0 Å². The molecule has 2 N–H and O–H groups in total. The molecule has 0 saturated heterocycles. The van der Waals surface area contributed by atoms with E-state index in [-0.39, 0.29) is 23.9 Å². The number of nitrogens with zero attached hydrogens (tertiary/aromatic N) is 1. The van der Waals surface area contributed by atoms with Crippen molar-refractivity contribution in [3.63, 3.8) is 0 Å². The lowest BCUT2D eigenvalue weighted by Crippen LogP contribution is -2.31. The van der Waals surface area contributed by atoms with Crippen molar-refractivity contribution >= 4 is 17.7 Å². The first-order valence-corrected chi connectivity index (χ1v) is 9.75. The van der Waals surface area contributed by atoms with Gasteiger partial charge >= 0.3 is 0 Å². The Morgan fingerprint density at radius 1 is 1.36 bits per heavy atom. The predicted molar refractivity (Wildman–Crippen MR) is 100 cm³/mol. The number of benzene rings is 1. The molecule has 3 rings (SSSR count). The number of carbonyl (C=O) groups is 1. The highest BCUT2D eigenvalue weighted by atomic mass is 32.2. The minimum Gasteiger partial charge on any atom is -0.349 e. The number of fused-ring (bicyclic) bond motifs is 1. The van der Waals surface area contributed by atoms with Gasteiger partial charge in [0, 0.05) is 11.3 Å². The summed E-state index contributed by atoms with van der Waals surface area (Å²) in [5.74, 6) is -0.166. The number of aryl methyl sites for hydroxylation is 3. The van der Waals surface area contributed by atoms with Gasteiger partial charge in [-0.1, -0.05) is 30.0 Å². The number of rotatable bonds is 5. The standard InChI is InChI=1S/C19H23N3O2S/c1-11(14-8-7-13-5-4-6-15(13)9-14)20-17(23)10-16-12(2)21-19(25-3)22-18(16)24/h7-9,11H,4-6,10H2,1-3H3,(H,20,23)(H,21,22,24). The second kappa shape index (κ2) is 7.44. The monoisotopic (exact) mass is 357 g/mol. The molecule has 0 aliphatic heterocycles. The Labute approximate surface area is 151 Å². The first-order chi connectivity index (χ1) is 12.0. The first-order valence-electron chi connectivity index (χ1n) is 8.52. The maximum Gasteiger partial charge on any atom is 0.255 e. The van der Waals surface area contributed by atoms with Crippen molar-refractivity contribution in [1.29, 1.82) is 0 Å². The number of nitrogens with one attached hydrogen (secondary N) is 2. The highest BCUT2D eigenvalue weighted by molar-refractivity contribution is 7.98. The van der Waals surface area contributed by atoms with Crippen LogP contribution in [0.4, 0.5) is 0 Å². The van der Waals surface area contributed by atoms with Gasteiger partial charge in [0.05, 0.1) is 12.5 Å². The van der Waals surface area contributed by atoms with E-state index in [9.17, 15) is 9.59 Å². The second-order valence-corrected chi connectivity index (χ2v) is 7.28. The summed E-state index contributed by atoms with van der Waals surface area (Å²) >= 11 is 1.38. The van der Waals surface area contributed by atoms with Gasteiger partial charge in [0.25, 0.3) is 5.56 Å². The van der Waals surface area contributed by atoms with Gasteiger partial charge in [-0.25, -0.2) is 4.98 Å². The molecular weight excluding hydrogens is 334 g/mol. The molecule has 1 aliphatic carbocycles. The van der Waals surface area contributed by atoms with Crippen LogP contribution in [-0.4, -0.2) is 22.1 Å². The molecule has 1 aromatic carbocycles. The van der Waals surface area contributed by atoms with E-state index in [0.29, 0.717) is 16.4 Å². The zero-order valence-electron chi connectivity index (χ0n) is 14.8. The Kier molecular flexibility index (Phi) is 5.27. The quantitative estimate of drug-likeness (QED) is 0.637. The highest BCUT2D eigenvalue weighted by Gasteiger charge is 2.17. The Morgan fingerprint density at radius 3 is 2.84 bits per heavy atom. The van der Waals surface area contributed by atoms with Crippen LogP contribution in [0.3, 0.4) is 0 Å². The normalized spacial score (nSPS) is 14.2. The SMILES string of the molecule is CSc1nc(C)c(CC(=O)NC(C)c2ccc3c(c2)CCC3)c(=O)[nH]1. The molecule has 1 aromatic heterocycles. The Hall–Kier alpha value is -2.08. The molecular formula is C19H23N3O2S. The lowest BCUT2D eigenvalue weighted by atomic mass is 10.0. The van der Waals surface area contributed by atoms with E-state index in [4.69, 9.17) is 0 Å².